The first kappa shape index (κ1) is 13.1. The number of hydrogen-bond donors (Lipinski definition) is 1. The average molecular weight is 262 g/mol. The number of nitrogens with zero attached hydrogens (tertiary/aromatic N) is 1. The summed E-state index contributed by atoms with van der Waals surface area (Å²) in [5, 5.41) is 10.7. The van der Waals surface area contributed by atoms with Gasteiger partial charge in [-0.3, -0.25) is 4.98 Å². The van der Waals surface area contributed by atoms with Crippen molar-refractivity contribution >= 4 is 11.6 Å². The fraction of sp³-hybridized carbons (Fsp3) is 0.267. The van der Waals surface area contributed by atoms with E-state index in [0.29, 0.717) is 17.9 Å². The summed E-state index contributed by atoms with van der Waals surface area (Å²) in [6.07, 6.45) is 3.56. The number of hydrogen-bond acceptors (Lipinski definition) is 2. The summed E-state index contributed by atoms with van der Waals surface area (Å²) in [7, 11) is 0. The molecule has 0 fully saturated rings. The quantitative estimate of drug-likeness (QED) is 0.896. The van der Waals surface area contributed by atoms with Crippen LogP contribution in [0.4, 0.5) is 0 Å². The van der Waals surface area contributed by atoms with Gasteiger partial charge in [-0.1, -0.05) is 29.8 Å². The number of rotatable bonds is 5. The molecule has 0 saturated heterocycles. The number of halogens is 1. The summed E-state index contributed by atoms with van der Waals surface area (Å²) in [6, 6.07) is 13.5. The van der Waals surface area contributed by atoms with Gasteiger partial charge in [0.05, 0.1) is 6.10 Å². The standard InChI is InChI=1S/C15H16ClNO/c16-13-5-3-4-12(10-13)11-15(18)8-7-14-6-1-2-9-17-14/h1-6,9-10,15,18H,7-8,11H2. The highest BCUT2D eigenvalue weighted by Crippen LogP contribution is 2.14. The predicted molar refractivity (Wildman–Crippen MR) is 73.7 cm³/mol. The van der Waals surface area contributed by atoms with Gasteiger partial charge in [-0.15, -0.1) is 0 Å². The molecule has 18 heavy (non-hydrogen) atoms. The fourth-order valence-electron chi connectivity index (χ4n) is 1.90. The monoisotopic (exact) mass is 261 g/mol. The third-order valence-electron chi connectivity index (χ3n) is 2.82. The number of benzene rings is 1. The Balaban J connectivity index is 1.84. The van der Waals surface area contributed by atoms with E-state index in [0.717, 1.165) is 17.7 Å². The van der Waals surface area contributed by atoms with E-state index in [1.807, 2.05) is 42.5 Å². The zero-order chi connectivity index (χ0) is 12.8. The van der Waals surface area contributed by atoms with Crippen molar-refractivity contribution in [2.45, 2.75) is 25.4 Å². The summed E-state index contributed by atoms with van der Waals surface area (Å²) in [6.45, 7) is 0. The van der Waals surface area contributed by atoms with Crippen LogP contribution in [0.1, 0.15) is 17.7 Å². The molecule has 1 unspecified atom stereocenters. The molecule has 2 nitrogen and oxygen atoms in total. The third kappa shape index (κ3) is 4.13. The topological polar surface area (TPSA) is 33.1 Å². The summed E-state index contributed by atoms with van der Waals surface area (Å²) >= 11 is 5.91. The van der Waals surface area contributed by atoms with Crippen LogP contribution >= 0.6 is 11.6 Å². The fourth-order valence-corrected chi connectivity index (χ4v) is 2.11. The Kier molecular flexibility index (Phi) is 4.73. The van der Waals surface area contributed by atoms with Crippen molar-refractivity contribution in [3.63, 3.8) is 0 Å². The van der Waals surface area contributed by atoms with Gasteiger partial charge in [0, 0.05) is 16.9 Å². The molecule has 0 aliphatic rings. The lowest BCUT2D eigenvalue weighted by atomic mass is 10.0. The molecular formula is C15H16ClNO. The van der Waals surface area contributed by atoms with Crippen molar-refractivity contribution in [2.24, 2.45) is 0 Å². The van der Waals surface area contributed by atoms with E-state index in [9.17, 15) is 5.11 Å². The second-order valence-electron chi connectivity index (χ2n) is 4.35. The molecule has 1 aromatic heterocycles. The number of pyridine rings is 1. The van der Waals surface area contributed by atoms with Crippen LogP contribution in [0, 0.1) is 0 Å². The zero-order valence-corrected chi connectivity index (χ0v) is 10.8. The van der Waals surface area contributed by atoms with Crippen molar-refractivity contribution in [1.29, 1.82) is 0 Å². The molecule has 94 valence electrons. The summed E-state index contributed by atoms with van der Waals surface area (Å²) in [4.78, 5) is 4.24. The van der Waals surface area contributed by atoms with Crippen LogP contribution in [-0.2, 0) is 12.8 Å². The van der Waals surface area contributed by atoms with Gasteiger partial charge >= 0.3 is 0 Å². The number of aliphatic hydroxyl groups excluding tert-OH is 1. The zero-order valence-electron chi connectivity index (χ0n) is 10.1. The summed E-state index contributed by atoms with van der Waals surface area (Å²) < 4.78 is 0. The van der Waals surface area contributed by atoms with E-state index in [1.165, 1.54) is 0 Å². The number of aryl methyl sites for hydroxylation is 1. The number of aromatic nitrogens is 1. The van der Waals surface area contributed by atoms with Gasteiger partial charge in [0.2, 0.25) is 0 Å². The molecule has 1 heterocycles. The first-order chi connectivity index (χ1) is 8.74. The Bertz CT molecular complexity index is 487. The SMILES string of the molecule is OC(CCc1ccccn1)Cc1cccc(Cl)c1. The highest BCUT2D eigenvalue weighted by Gasteiger charge is 2.06. The Morgan fingerprint density at radius 1 is 1.17 bits per heavy atom. The highest BCUT2D eigenvalue weighted by molar-refractivity contribution is 6.30. The first-order valence-corrected chi connectivity index (χ1v) is 6.44. The number of aliphatic hydroxyl groups is 1. The Labute approximate surface area is 112 Å². The van der Waals surface area contributed by atoms with Gasteiger partial charge in [0.25, 0.3) is 0 Å². The molecule has 0 spiro atoms. The van der Waals surface area contributed by atoms with E-state index < -0.39 is 0 Å². The first-order valence-electron chi connectivity index (χ1n) is 6.06. The van der Waals surface area contributed by atoms with E-state index in [-0.39, 0.29) is 6.10 Å². The molecule has 0 aliphatic carbocycles. The van der Waals surface area contributed by atoms with Crippen LogP contribution in [0.5, 0.6) is 0 Å². The molecule has 0 bridgehead atoms. The lowest BCUT2D eigenvalue weighted by molar-refractivity contribution is 0.165. The third-order valence-corrected chi connectivity index (χ3v) is 3.06. The minimum Gasteiger partial charge on any atom is -0.393 e. The highest BCUT2D eigenvalue weighted by atomic mass is 35.5. The molecule has 1 N–H and O–H groups in total. The van der Waals surface area contributed by atoms with Crippen LogP contribution in [-0.4, -0.2) is 16.2 Å². The lowest BCUT2D eigenvalue weighted by Gasteiger charge is -2.10. The van der Waals surface area contributed by atoms with Gasteiger partial charge in [-0.25, -0.2) is 0 Å². The minimum atomic E-state index is -0.356. The minimum absolute atomic E-state index is 0.356. The molecule has 3 heteroatoms. The van der Waals surface area contributed by atoms with Crippen molar-refractivity contribution in [3.8, 4) is 0 Å². The molecule has 1 aromatic carbocycles. The Morgan fingerprint density at radius 2 is 2.06 bits per heavy atom. The molecule has 0 amide bonds. The Morgan fingerprint density at radius 3 is 2.78 bits per heavy atom. The van der Waals surface area contributed by atoms with Gasteiger partial charge in [0.15, 0.2) is 0 Å². The maximum Gasteiger partial charge on any atom is 0.0584 e. The van der Waals surface area contributed by atoms with Gasteiger partial charge in [-0.2, -0.15) is 0 Å². The molecule has 2 aromatic rings. The summed E-state index contributed by atoms with van der Waals surface area (Å²) in [5.41, 5.74) is 2.08. The molecule has 0 aliphatic heterocycles. The Hall–Kier alpha value is -1.38. The van der Waals surface area contributed by atoms with E-state index in [4.69, 9.17) is 11.6 Å². The second-order valence-corrected chi connectivity index (χ2v) is 4.78. The van der Waals surface area contributed by atoms with Crippen molar-refractivity contribution < 1.29 is 5.11 Å². The average Bonchev–Trinajstić information content (AvgIpc) is 2.38. The van der Waals surface area contributed by atoms with E-state index >= 15 is 0 Å². The van der Waals surface area contributed by atoms with Gasteiger partial charge in [0.1, 0.15) is 0 Å². The van der Waals surface area contributed by atoms with Gasteiger partial charge < -0.3 is 5.11 Å². The van der Waals surface area contributed by atoms with Crippen molar-refractivity contribution in [1.82, 2.24) is 4.98 Å². The second kappa shape index (κ2) is 6.53. The van der Waals surface area contributed by atoms with Crippen LogP contribution in [0.15, 0.2) is 48.7 Å². The van der Waals surface area contributed by atoms with Crippen molar-refractivity contribution in [2.75, 3.05) is 0 Å². The van der Waals surface area contributed by atoms with Crippen molar-refractivity contribution in [3.05, 3.63) is 64.9 Å². The smallest absolute Gasteiger partial charge is 0.0584 e. The maximum atomic E-state index is 9.98. The van der Waals surface area contributed by atoms with Crippen LogP contribution < -0.4 is 0 Å². The predicted octanol–water partition coefficient (Wildman–Crippen LogP) is 3.27. The largest absolute Gasteiger partial charge is 0.393 e. The van der Waals surface area contributed by atoms with E-state index in [1.54, 1.807) is 6.20 Å². The normalized spacial score (nSPS) is 12.3. The molecular weight excluding hydrogens is 246 g/mol. The molecule has 0 saturated carbocycles. The van der Waals surface area contributed by atoms with Crippen LogP contribution in [0.2, 0.25) is 5.02 Å². The van der Waals surface area contributed by atoms with Gasteiger partial charge in [-0.05, 0) is 49.1 Å². The molecule has 0 radical (unpaired) electrons. The summed E-state index contributed by atoms with van der Waals surface area (Å²) in [5.74, 6) is 0. The van der Waals surface area contributed by atoms with E-state index in [2.05, 4.69) is 4.98 Å². The van der Waals surface area contributed by atoms with Crippen LogP contribution in [0.25, 0.3) is 0 Å². The maximum absolute atomic E-state index is 9.98. The lowest BCUT2D eigenvalue weighted by Crippen LogP contribution is -2.12. The molecule has 2 rings (SSSR count). The molecule has 1 atom stereocenters. The van der Waals surface area contributed by atoms with Crippen LogP contribution in [0.3, 0.4) is 0 Å².